The van der Waals surface area contributed by atoms with Crippen molar-refractivity contribution < 1.29 is 9.53 Å². The monoisotopic (exact) mass is 353 g/mol. The lowest BCUT2D eigenvalue weighted by Gasteiger charge is -2.37. The Bertz CT molecular complexity index is 745. The van der Waals surface area contributed by atoms with Crippen LogP contribution in [-0.2, 0) is 4.79 Å². The maximum absolute atomic E-state index is 12.3. The molecule has 138 valence electrons. The molecule has 1 unspecified atom stereocenters. The van der Waals surface area contributed by atoms with E-state index in [2.05, 4.69) is 23.2 Å². The number of anilines is 2. The fourth-order valence-corrected chi connectivity index (χ4v) is 3.27. The van der Waals surface area contributed by atoms with Crippen LogP contribution in [0.1, 0.15) is 12.5 Å². The third kappa shape index (κ3) is 4.55. The summed E-state index contributed by atoms with van der Waals surface area (Å²) in [5.41, 5.74) is 3.15. The Labute approximate surface area is 155 Å². The van der Waals surface area contributed by atoms with Gasteiger partial charge >= 0.3 is 0 Å². The van der Waals surface area contributed by atoms with Gasteiger partial charge in [-0.2, -0.15) is 0 Å². The average Bonchev–Trinajstić information content (AvgIpc) is 2.62. The second-order valence-corrected chi connectivity index (χ2v) is 6.86. The molecule has 5 nitrogen and oxygen atoms in total. The molecule has 1 amide bonds. The smallest absolute Gasteiger partial charge is 0.238 e. The van der Waals surface area contributed by atoms with Crippen molar-refractivity contribution in [2.45, 2.75) is 20.0 Å². The van der Waals surface area contributed by atoms with Crippen LogP contribution in [0.5, 0.6) is 5.75 Å². The number of benzene rings is 2. The zero-order chi connectivity index (χ0) is 18.5. The van der Waals surface area contributed by atoms with Crippen LogP contribution >= 0.6 is 0 Å². The van der Waals surface area contributed by atoms with E-state index in [-0.39, 0.29) is 12.0 Å². The van der Waals surface area contributed by atoms with E-state index < -0.39 is 0 Å². The van der Waals surface area contributed by atoms with Crippen LogP contribution in [0.25, 0.3) is 0 Å². The van der Waals surface area contributed by atoms with Gasteiger partial charge in [-0.1, -0.05) is 29.8 Å². The number of nitrogens with zero attached hydrogens (tertiary/aromatic N) is 2. The summed E-state index contributed by atoms with van der Waals surface area (Å²) in [6.45, 7) is 6.98. The minimum atomic E-state index is -0.0140. The summed E-state index contributed by atoms with van der Waals surface area (Å²) in [6.07, 6.45) is 0.0435. The van der Waals surface area contributed by atoms with Crippen LogP contribution in [-0.4, -0.2) is 50.1 Å². The second kappa shape index (κ2) is 8.23. The van der Waals surface area contributed by atoms with Gasteiger partial charge in [0.2, 0.25) is 5.91 Å². The molecule has 0 radical (unpaired) electrons. The van der Waals surface area contributed by atoms with Crippen LogP contribution in [0, 0.1) is 6.92 Å². The van der Waals surface area contributed by atoms with Crippen LogP contribution in [0.4, 0.5) is 11.4 Å². The van der Waals surface area contributed by atoms with Gasteiger partial charge in [-0.05, 0) is 45.2 Å². The van der Waals surface area contributed by atoms with Gasteiger partial charge in [0.1, 0.15) is 11.9 Å². The summed E-state index contributed by atoms with van der Waals surface area (Å²) in [4.78, 5) is 16.6. The fraction of sp³-hybridized carbons (Fsp3) is 0.381. The minimum Gasteiger partial charge on any atom is -0.485 e. The highest BCUT2D eigenvalue weighted by atomic mass is 16.5. The summed E-state index contributed by atoms with van der Waals surface area (Å²) in [5.74, 6) is 0.906. The van der Waals surface area contributed by atoms with Gasteiger partial charge in [-0.15, -0.1) is 0 Å². The molecule has 1 aliphatic heterocycles. The molecule has 1 N–H and O–H groups in total. The third-order valence-corrected chi connectivity index (χ3v) is 4.57. The minimum absolute atomic E-state index is 0.0140. The van der Waals surface area contributed by atoms with E-state index in [1.54, 1.807) is 0 Å². The van der Waals surface area contributed by atoms with Crippen molar-refractivity contribution in [2.75, 3.05) is 43.4 Å². The number of carbonyl (C=O) groups excluding carboxylic acids is 1. The predicted octanol–water partition coefficient (Wildman–Crippen LogP) is 3.15. The molecule has 26 heavy (non-hydrogen) atoms. The van der Waals surface area contributed by atoms with Crippen molar-refractivity contribution in [1.82, 2.24) is 4.90 Å². The predicted molar refractivity (Wildman–Crippen MR) is 106 cm³/mol. The van der Waals surface area contributed by atoms with E-state index in [4.69, 9.17) is 4.74 Å². The zero-order valence-corrected chi connectivity index (χ0v) is 15.7. The van der Waals surface area contributed by atoms with Crippen molar-refractivity contribution in [1.29, 1.82) is 0 Å². The van der Waals surface area contributed by atoms with Crippen LogP contribution in [0.2, 0.25) is 0 Å². The molecule has 1 aliphatic rings. The molecule has 0 spiro atoms. The third-order valence-electron chi connectivity index (χ3n) is 4.57. The lowest BCUT2D eigenvalue weighted by atomic mass is 10.2. The van der Waals surface area contributed by atoms with Gasteiger partial charge in [-0.3, -0.25) is 9.69 Å². The molecule has 0 aromatic heterocycles. The Morgan fingerprint density at radius 1 is 1.23 bits per heavy atom. The number of carbonyl (C=O) groups is 1. The largest absolute Gasteiger partial charge is 0.485 e. The lowest BCUT2D eigenvalue weighted by Crippen LogP contribution is -2.46. The fourth-order valence-electron chi connectivity index (χ4n) is 3.27. The molecule has 2 aromatic carbocycles. The molecule has 2 aromatic rings. The van der Waals surface area contributed by atoms with E-state index in [1.165, 1.54) is 5.56 Å². The quantitative estimate of drug-likeness (QED) is 0.866. The van der Waals surface area contributed by atoms with Crippen molar-refractivity contribution >= 4 is 17.3 Å². The van der Waals surface area contributed by atoms with Crippen LogP contribution in [0.3, 0.4) is 0 Å². The van der Waals surface area contributed by atoms with Gasteiger partial charge in [0, 0.05) is 18.8 Å². The number of ether oxygens (including phenoxy) is 1. The molecular weight excluding hydrogens is 326 g/mol. The number of rotatable bonds is 6. The molecule has 5 heteroatoms. The van der Waals surface area contributed by atoms with Gasteiger partial charge in [0.05, 0.1) is 18.8 Å². The first-order valence-electron chi connectivity index (χ1n) is 9.11. The molecule has 0 saturated carbocycles. The van der Waals surface area contributed by atoms with Crippen molar-refractivity contribution in [2.24, 2.45) is 0 Å². The van der Waals surface area contributed by atoms with Crippen LogP contribution < -0.4 is 15.0 Å². The average molecular weight is 353 g/mol. The maximum atomic E-state index is 12.3. The van der Waals surface area contributed by atoms with Crippen LogP contribution in [0.15, 0.2) is 48.5 Å². The first-order chi connectivity index (χ1) is 12.5. The van der Waals surface area contributed by atoms with Crippen molar-refractivity contribution in [3.05, 3.63) is 54.1 Å². The summed E-state index contributed by atoms with van der Waals surface area (Å²) in [6, 6.07) is 16.0. The Morgan fingerprint density at radius 3 is 2.69 bits per heavy atom. The van der Waals surface area contributed by atoms with E-state index in [0.29, 0.717) is 13.1 Å². The maximum Gasteiger partial charge on any atom is 0.238 e. The van der Waals surface area contributed by atoms with E-state index >= 15 is 0 Å². The molecule has 3 rings (SSSR count). The van der Waals surface area contributed by atoms with Crippen molar-refractivity contribution in [3.8, 4) is 5.75 Å². The van der Waals surface area contributed by atoms with Gasteiger partial charge in [0.25, 0.3) is 0 Å². The van der Waals surface area contributed by atoms with E-state index in [0.717, 1.165) is 30.2 Å². The van der Waals surface area contributed by atoms with Crippen molar-refractivity contribution in [3.63, 3.8) is 0 Å². The highest BCUT2D eigenvalue weighted by Crippen LogP contribution is 2.32. The Kier molecular flexibility index (Phi) is 5.78. The normalized spacial score (nSPS) is 16.2. The highest BCUT2D eigenvalue weighted by Gasteiger charge is 2.25. The first kappa shape index (κ1) is 18.3. The number of para-hydroxylation sites is 2. The standard InChI is InChI=1S/C21H27N3O2/c1-4-24-14-18(26-20-8-6-5-7-19(20)24)13-23(3)15-21(25)22-17-11-9-16(2)10-12-17/h5-12,18H,4,13-15H2,1-3H3,(H,22,25). The molecular formula is C21H27N3O2. The van der Waals surface area contributed by atoms with E-state index in [1.807, 2.05) is 61.3 Å². The summed E-state index contributed by atoms with van der Waals surface area (Å²) in [7, 11) is 1.95. The number of nitrogens with one attached hydrogen (secondary N) is 1. The SMILES string of the molecule is CCN1CC(CN(C)CC(=O)Nc2ccc(C)cc2)Oc2ccccc21. The lowest BCUT2D eigenvalue weighted by molar-refractivity contribution is -0.117. The van der Waals surface area contributed by atoms with Gasteiger partial charge < -0.3 is 15.0 Å². The topological polar surface area (TPSA) is 44.8 Å². The first-order valence-corrected chi connectivity index (χ1v) is 9.11. The molecule has 0 saturated heterocycles. The highest BCUT2D eigenvalue weighted by molar-refractivity contribution is 5.92. The Morgan fingerprint density at radius 2 is 1.96 bits per heavy atom. The number of fused-ring (bicyclic) bond motifs is 1. The second-order valence-electron chi connectivity index (χ2n) is 6.86. The summed E-state index contributed by atoms with van der Waals surface area (Å²) >= 11 is 0. The molecule has 1 atom stereocenters. The van der Waals surface area contributed by atoms with E-state index in [9.17, 15) is 4.79 Å². The number of aryl methyl sites for hydroxylation is 1. The molecule has 0 bridgehead atoms. The molecule has 0 fully saturated rings. The Hall–Kier alpha value is -2.53. The summed E-state index contributed by atoms with van der Waals surface area (Å²) in [5, 5.41) is 2.94. The molecule has 1 heterocycles. The number of hydrogen-bond acceptors (Lipinski definition) is 4. The number of likely N-dealkylation sites (N-methyl/N-ethyl adjacent to an activating group) is 2. The van der Waals surface area contributed by atoms with Gasteiger partial charge in [-0.25, -0.2) is 0 Å². The van der Waals surface area contributed by atoms with Gasteiger partial charge in [0.15, 0.2) is 0 Å². The Balaban J connectivity index is 1.54. The zero-order valence-electron chi connectivity index (χ0n) is 15.7. The molecule has 0 aliphatic carbocycles. The number of amides is 1. The summed E-state index contributed by atoms with van der Waals surface area (Å²) < 4.78 is 6.13. The number of hydrogen-bond donors (Lipinski definition) is 1.